The van der Waals surface area contributed by atoms with Crippen LogP contribution in [0.3, 0.4) is 0 Å². The Labute approximate surface area is 105 Å². The molecule has 0 amide bonds. The third-order valence-corrected chi connectivity index (χ3v) is 2.58. The van der Waals surface area contributed by atoms with Gasteiger partial charge in [0.15, 0.2) is 0 Å². The van der Waals surface area contributed by atoms with Crippen molar-refractivity contribution < 1.29 is 9.84 Å². The van der Waals surface area contributed by atoms with E-state index >= 15 is 0 Å². The maximum Gasteiger partial charge on any atom is 0.125 e. The molecule has 1 unspecified atom stereocenters. The minimum atomic E-state index is -0.537. The highest BCUT2D eigenvalue weighted by Crippen LogP contribution is 2.28. The molecule has 0 spiro atoms. The van der Waals surface area contributed by atoms with E-state index in [1.54, 1.807) is 13.8 Å². The molecule has 0 aliphatic heterocycles. The van der Waals surface area contributed by atoms with Gasteiger partial charge in [0.05, 0.1) is 12.7 Å². The molecule has 0 aliphatic carbocycles. The van der Waals surface area contributed by atoms with E-state index in [2.05, 4.69) is 27.8 Å². The van der Waals surface area contributed by atoms with Gasteiger partial charge in [-0.2, -0.15) is 0 Å². The van der Waals surface area contributed by atoms with Crippen LogP contribution in [0.15, 0.2) is 22.7 Å². The van der Waals surface area contributed by atoms with Gasteiger partial charge in [-0.25, -0.2) is 0 Å². The highest BCUT2D eigenvalue weighted by Gasteiger charge is 2.09. The molecule has 0 saturated heterocycles. The van der Waals surface area contributed by atoms with Crippen molar-refractivity contribution in [1.82, 2.24) is 0 Å². The number of rotatable bonds is 4. The van der Waals surface area contributed by atoms with Gasteiger partial charge in [0.1, 0.15) is 5.75 Å². The zero-order valence-electron chi connectivity index (χ0n) is 9.46. The van der Waals surface area contributed by atoms with Crippen LogP contribution in [-0.2, 0) is 0 Å². The fourth-order valence-corrected chi connectivity index (χ4v) is 1.69. The highest BCUT2D eigenvalue weighted by molar-refractivity contribution is 9.10. The number of aliphatic hydroxyl groups is 1. The van der Waals surface area contributed by atoms with Crippen molar-refractivity contribution in [2.75, 3.05) is 6.61 Å². The van der Waals surface area contributed by atoms with Crippen molar-refractivity contribution in [1.29, 1.82) is 0 Å². The zero-order valence-corrected chi connectivity index (χ0v) is 11.0. The van der Waals surface area contributed by atoms with Gasteiger partial charge < -0.3 is 9.84 Å². The monoisotopic (exact) mass is 282 g/mol. The molecule has 0 aromatic heterocycles. The lowest BCUT2D eigenvalue weighted by molar-refractivity contribution is 0.191. The van der Waals surface area contributed by atoms with Crippen LogP contribution in [0.4, 0.5) is 0 Å². The summed E-state index contributed by atoms with van der Waals surface area (Å²) < 4.78 is 6.51. The molecule has 1 rings (SSSR count). The predicted octanol–water partition coefficient (Wildman–Crippen LogP) is 3.29. The first-order chi connectivity index (χ1) is 7.65. The minimum Gasteiger partial charge on any atom is -0.492 e. The smallest absolute Gasteiger partial charge is 0.125 e. The van der Waals surface area contributed by atoms with Gasteiger partial charge in [-0.3, -0.25) is 0 Å². The van der Waals surface area contributed by atoms with Gasteiger partial charge >= 0.3 is 0 Å². The number of hydrogen-bond donors (Lipinski definition) is 1. The van der Waals surface area contributed by atoms with Gasteiger partial charge in [-0.15, -0.1) is 11.8 Å². The average Bonchev–Trinajstić information content (AvgIpc) is 2.26. The van der Waals surface area contributed by atoms with E-state index in [-0.39, 0.29) is 0 Å². The predicted molar refractivity (Wildman–Crippen MR) is 68.3 cm³/mol. The third kappa shape index (κ3) is 3.88. The molecule has 0 fully saturated rings. The Balaban J connectivity index is 2.73. The standard InChI is InChI=1S/C13H15BrO2/c1-3-4-5-8-16-13-7-6-11(14)9-12(13)10(2)15/h6-7,9-10,15H,5,8H2,1-2H3. The Hall–Kier alpha value is -0.980. The molecule has 1 aromatic carbocycles. The SMILES string of the molecule is CC#CCCOc1ccc(Br)cc1C(C)O. The Morgan fingerprint density at radius 2 is 2.25 bits per heavy atom. The highest BCUT2D eigenvalue weighted by atomic mass is 79.9. The van der Waals surface area contributed by atoms with Crippen LogP contribution in [0, 0.1) is 11.8 Å². The molecule has 1 atom stereocenters. The number of benzene rings is 1. The second-order valence-electron chi connectivity index (χ2n) is 3.38. The lowest BCUT2D eigenvalue weighted by atomic mass is 10.1. The Morgan fingerprint density at radius 1 is 1.50 bits per heavy atom. The molecule has 3 heteroatoms. The Morgan fingerprint density at radius 3 is 2.88 bits per heavy atom. The summed E-state index contributed by atoms with van der Waals surface area (Å²) in [5.74, 6) is 6.46. The normalized spacial score (nSPS) is 11.5. The molecule has 0 heterocycles. The topological polar surface area (TPSA) is 29.5 Å². The summed E-state index contributed by atoms with van der Waals surface area (Å²) in [6.45, 7) is 4.07. The molecule has 86 valence electrons. The molecule has 0 saturated carbocycles. The lowest BCUT2D eigenvalue weighted by Gasteiger charge is -2.13. The number of hydrogen-bond acceptors (Lipinski definition) is 2. The molecule has 16 heavy (non-hydrogen) atoms. The van der Waals surface area contributed by atoms with E-state index in [0.717, 1.165) is 15.8 Å². The summed E-state index contributed by atoms with van der Waals surface area (Å²) in [4.78, 5) is 0. The quantitative estimate of drug-likeness (QED) is 0.678. The first-order valence-corrected chi connectivity index (χ1v) is 5.94. The number of halogens is 1. The van der Waals surface area contributed by atoms with Crippen molar-refractivity contribution in [3.63, 3.8) is 0 Å². The van der Waals surface area contributed by atoms with Crippen molar-refractivity contribution in [2.24, 2.45) is 0 Å². The molecular weight excluding hydrogens is 268 g/mol. The zero-order chi connectivity index (χ0) is 12.0. The van der Waals surface area contributed by atoms with Gasteiger partial charge in [-0.1, -0.05) is 15.9 Å². The van der Waals surface area contributed by atoms with Crippen LogP contribution in [0.1, 0.15) is 31.9 Å². The molecule has 0 bridgehead atoms. The summed E-state index contributed by atoms with van der Waals surface area (Å²) in [5, 5.41) is 9.60. The van der Waals surface area contributed by atoms with Crippen LogP contribution in [-0.4, -0.2) is 11.7 Å². The Bertz CT molecular complexity index is 402. The number of ether oxygens (including phenoxy) is 1. The second-order valence-corrected chi connectivity index (χ2v) is 4.30. The molecule has 0 aliphatic rings. The Kier molecular flexibility index (Phi) is 5.37. The maximum atomic E-state index is 9.60. The van der Waals surface area contributed by atoms with E-state index in [1.165, 1.54) is 0 Å². The molecule has 2 nitrogen and oxygen atoms in total. The molecule has 1 N–H and O–H groups in total. The van der Waals surface area contributed by atoms with Crippen LogP contribution in [0.25, 0.3) is 0 Å². The summed E-state index contributed by atoms with van der Waals surface area (Å²) in [7, 11) is 0. The van der Waals surface area contributed by atoms with E-state index in [9.17, 15) is 5.11 Å². The summed E-state index contributed by atoms with van der Waals surface area (Å²) in [6, 6.07) is 5.61. The molecule has 0 radical (unpaired) electrons. The van der Waals surface area contributed by atoms with Crippen LogP contribution in [0.5, 0.6) is 5.75 Å². The van der Waals surface area contributed by atoms with Gasteiger partial charge in [0.25, 0.3) is 0 Å². The van der Waals surface area contributed by atoms with E-state index in [0.29, 0.717) is 13.0 Å². The fraction of sp³-hybridized carbons (Fsp3) is 0.385. The first kappa shape index (κ1) is 13.1. The van der Waals surface area contributed by atoms with Crippen molar-refractivity contribution in [3.05, 3.63) is 28.2 Å². The van der Waals surface area contributed by atoms with Gasteiger partial charge in [0, 0.05) is 16.5 Å². The largest absolute Gasteiger partial charge is 0.492 e. The summed E-state index contributed by atoms with van der Waals surface area (Å²) in [6.07, 6.45) is 0.163. The van der Waals surface area contributed by atoms with Crippen molar-refractivity contribution >= 4 is 15.9 Å². The van der Waals surface area contributed by atoms with Gasteiger partial charge in [0.2, 0.25) is 0 Å². The van der Waals surface area contributed by atoms with E-state index < -0.39 is 6.10 Å². The van der Waals surface area contributed by atoms with Crippen LogP contribution in [0.2, 0.25) is 0 Å². The molecule has 1 aromatic rings. The third-order valence-electron chi connectivity index (χ3n) is 2.08. The fourth-order valence-electron chi connectivity index (χ4n) is 1.31. The summed E-state index contributed by atoms with van der Waals surface area (Å²) >= 11 is 3.37. The second kappa shape index (κ2) is 6.57. The van der Waals surface area contributed by atoms with Crippen molar-refractivity contribution in [3.8, 4) is 17.6 Å². The van der Waals surface area contributed by atoms with Crippen LogP contribution < -0.4 is 4.74 Å². The van der Waals surface area contributed by atoms with Crippen LogP contribution >= 0.6 is 15.9 Å². The minimum absolute atomic E-state index is 0.537. The first-order valence-electron chi connectivity index (χ1n) is 5.15. The van der Waals surface area contributed by atoms with Gasteiger partial charge in [-0.05, 0) is 32.0 Å². The van der Waals surface area contributed by atoms with Crippen molar-refractivity contribution in [2.45, 2.75) is 26.4 Å². The van der Waals surface area contributed by atoms with E-state index in [4.69, 9.17) is 4.74 Å². The molecular formula is C13H15BrO2. The average molecular weight is 283 g/mol. The lowest BCUT2D eigenvalue weighted by Crippen LogP contribution is -2.01. The number of aliphatic hydroxyl groups excluding tert-OH is 1. The maximum absolute atomic E-state index is 9.60. The summed E-state index contributed by atoms with van der Waals surface area (Å²) in [5.41, 5.74) is 0.791. The van der Waals surface area contributed by atoms with E-state index in [1.807, 2.05) is 18.2 Å².